The first-order chi connectivity index (χ1) is 15.7. The van der Waals surface area contributed by atoms with Gasteiger partial charge in [0.25, 0.3) is 0 Å². The van der Waals surface area contributed by atoms with Crippen molar-refractivity contribution in [3.8, 4) is 5.75 Å². The Kier molecular flexibility index (Phi) is 4.25. The molecule has 0 unspecified atom stereocenters. The molecule has 5 heterocycles. The zero-order chi connectivity index (χ0) is 21.5. The zero-order valence-electron chi connectivity index (χ0n) is 17.6. The van der Waals surface area contributed by atoms with E-state index in [2.05, 4.69) is 98.8 Å². The van der Waals surface area contributed by atoms with Gasteiger partial charge in [0.15, 0.2) is 0 Å². The van der Waals surface area contributed by atoms with Gasteiger partial charge >= 0.3 is 0 Å². The lowest BCUT2D eigenvalue weighted by Crippen LogP contribution is -2.15. The lowest BCUT2D eigenvalue weighted by molar-refractivity contribution is 0.414. The van der Waals surface area contributed by atoms with E-state index in [0.29, 0.717) is 0 Å². The fourth-order valence-corrected chi connectivity index (χ4v) is 4.22. The van der Waals surface area contributed by atoms with Crippen molar-refractivity contribution in [3.63, 3.8) is 0 Å². The van der Waals surface area contributed by atoms with Gasteiger partial charge in [0.1, 0.15) is 5.75 Å². The largest absolute Gasteiger partial charge is 0.497 e. The molecule has 0 spiro atoms. The molecule has 4 N–H and O–H groups in total. The maximum absolute atomic E-state index is 5.49. The summed E-state index contributed by atoms with van der Waals surface area (Å²) in [5.41, 5.74) is 6.32. The van der Waals surface area contributed by atoms with Crippen LogP contribution in [0.25, 0.3) is 23.8 Å². The summed E-state index contributed by atoms with van der Waals surface area (Å²) in [5.74, 6) is 0.827. The Labute approximate surface area is 184 Å². The summed E-state index contributed by atoms with van der Waals surface area (Å²) in [5, 5.41) is 4.15. The molecule has 5 nitrogen and oxygen atoms in total. The molecule has 0 saturated carbocycles. The number of benzene rings is 1. The fourth-order valence-electron chi connectivity index (χ4n) is 4.22. The van der Waals surface area contributed by atoms with E-state index in [1.807, 2.05) is 12.1 Å². The van der Waals surface area contributed by atoms with E-state index >= 15 is 0 Å². The van der Waals surface area contributed by atoms with Crippen molar-refractivity contribution in [2.45, 2.75) is 0 Å². The van der Waals surface area contributed by atoms with E-state index in [4.69, 9.17) is 4.74 Å². The van der Waals surface area contributed by atoms with E-state index < -0.39 is 0 Å². The van der Waals surface area contributed by atoms with Gasteiger partial charge in [0, 0.05) is 49.7 Å². The number of methoxy groups -OCH3 is 1. The number of rotatable bonds is 2. The summed E-state index contributed by atoms with van der Waals surface area (Å²) >= 11 is 0. The molecule has 1 aliphatic rings. The summed E-state index contributed by atoms with van der Waals surface area (Å²) in [4.78, 5) is 14.1. The first kappa shape index (κ1) is 18.4. The molecule has 6 rings (SSSR count). The van der Waals surface area contributed by atoms with Crippen LogP contribution in [0.2, 0.25) is 0 Å². The normalized spacial score (nSPS) is 12.6. The average molecular weight is 419 g/mol. The second-order valence-electron chi connectivity index (χ2n) is 7.93. The van der Waals surface area contributed by atoms with E-state index in [9.17, 15) is 0 Å². The molecular weight excluding hydrogens is 396 g/mol. The van der Waals surface area contributed by atoms with Crippen LogP contribution in [0.4, 0.5) is 0 Å². The van der Waals surface area contributed by atoms with Crippen molar-refractivity contribution in [2.24, 2.45) is 0 Å². The summed E-state index contributed by atoms with van der Waals surface area (Å²) < 4.78 is 5.49. The Morgan fingerprint density at radius 3 is 2.00 bits per heavy atom. The molecule has 5 heteroatoms. The third kappa shape index (κ3) is 3.40. The molecule has 0 radical (unpaired) electrons. The van der Waals surface area contributed by atoms with Gasteiger partial charge in [-0.2, -0.15) is 0 Å². The van der Waals surface area contributed by atoms with Gasteiger partial charge < -0.3 is 24.7 Å². The molecule has 5 aromatic rings. The molecular formula is C27H22N4O. The van der Waals surface area contributed by atoms with Crippen molar-refractivity contribution < 1.29 is 4.74 Å². The second-order valence-corrected chi connectivity index (χ2v) is 7.93. The van der Waals surface area contributed by atoms with Crippen LogP contribution in [0.15, 0.2) is 72.8 Å². The smallest absolute Gasteiger partial charge is 0.119 e. The molecule has 0 aliphatic carbocycles. The predicted molar refractivity (Wildman–Crippen MR) is 127 cm³/mol. The Balaban J connectivity index is 1.66. The van der Waals surface area contributed by atoms with E-state index in [1.165, 1.54) is 0 Å². The average Bonchev–Trinajstić information content (AvgIpc) is 3.60. The predicted octanol–water partition coefficient (Wildman–Crippen LogP) is 2.05. The fraction of sp³-hybridized carbons (Fsp3) is 0.0370. The number of hydrogen-bond acceptors (Lipinski definition) is 1. The highest BCUT2D eigenvalue weighted by atomic mass is 16.5. The van der Waals surface area contributed by atoms with Crippen molar-refractivity contribution in [1.29, 1.82) is 0 Å². The van der Waals surface area contributed by atoms with Gasteiger partial charge in [-0.3, -0.25) is 0 Å². The standard InChI is InChI=1S/C27H22N4O/c1-32-24-4-2-3-17(13-24)27-25-11-9-22(30-25)15-20-7-5-18(28-20)14-19-6-8-21(29-19)16-23-10-12-26(27)31-23/h2-16,28-31H,1H3. The molecule has 0 fully saturated rings. The van der Waals surface area contributed by atoms with Crippen molar-refractivity contribution >= 4 is 23.8 Å². The summed E-state index contributed by atoms with van der Waals surface area (Å²) in [6, 6.07) is 24.9. The minimum atomic E-state index is 0.827. The summed E-state index contributed by atoms with van der Waals surface area (Å²) in [6.07, 6.45) is 6.34. The number of H-pyrrole nitrogens is 4. The van der Waals surface area contributed by atoms with Crippen LogP contribution in [-0.2, 0) is 0 Å². The highest BCUT2D eigenvalue weighted by Crippen LogP contribution is 2.24. The molecule has 32 heavy (non-hydrogen) atoms. The SMILES string of the molecule is COc1cccc(C2=c3ccc([nH]3)=Cc3ccc([nH]3)C=c3ccc([nH]3)=Cc3ccc2[nH]3)c1. The molecule has 4 aromatic heterocycles. The lowest BCUT2D eigenvalue weighted by Gasteiger charge is -2.08. The molecule has 1 aliphatic heterocycles. The maximum atomic E-state index is 5.49. The van der Waals surface area contributed by atoms with Gasteiger partial charge in [-0.05, 0) is 84.5 Å². The molecule has 0 saturated heterocycles. The quantitative estimate of drug-likeness (QED) is 0.342. The van der Waals surface area contributed by atoms with E-state index in [0.717, 1.165) is 61.1 Å². The minimum Gasteiger partial charge on any atom is -0.497 e. The monoisotopic (exact) mass is 418 g/mol. The maximum Gasteiger partial charge on any atom is 0.119 e. The van der Waals surface area contributed by atoms with Crippen LogP contribution >= 0.6 is 0 Å². The number of ether oxygens (including phenoxy) is 1. The third-order valence-electron chi connectivity index (χ3n) is 5.71. The van der Waals surface area contributed by atoms with Crippen LogP contribution in [-0.4, -0.2) is 27.0 Å². The second kappa shape index (κ2) is 7.39. The Hall–Kier alpha value is -4.38. The topological polar surface area (TPSA) is 72.4 Å². The van der Waals surface area contributed by atoms with Gasteiger partial charge in [-0.15, -0.1) is 0 Å². The summed E-state index contributed by atoms with van der Waals surface area (Å²) in [7, 11) is 1.69. The number of fused-ring (bicyclic) bond motifs is 8. The van der Waals surface area contributed by atoms with Crippen LogP contribution < -0.4 is 26.1 Å². The Morgan fingerprint density at radius 2 is 1.25 bits per heavy atom. The number of nitrogens with one attached hydrogen (secondary N) is 4. The number of hydrogen-bond donors (Lipinski definition) is 4. The van der Waals surface area contributed by atoms with E-state index in [-0.39, 0.29) is 0 Å². The Morgan fingerprint density at radius 1 is 0.594 bits per heavy atom. The first-order valence-electron chi connectivity index (χ1n) is 10.6. The first-order valence-corrected chi connectivity index (χ1v) is 10.6. The highest BCUT2D eigenvalue weighted by molar-refractivity contribution is 5.78. The van der Waals surface area contributed by atoms with Crippen LogP contribution in [0.5, 0.6) is 5.75 Å². The molecule has 156 valence electrons. The molecule has 0 atom stereocenters. The van der Waals surface area contributed by atoms with Gasteiger partial charge in [0.2, 0.25) is 0 Å². The van der Waals surface area contributed by atoms with Crippen LogP contribution in [0.1, 0.15) is 28.3 Å². The number of aromatic nitrogens is 4. The molecule has 0 amide bonds. The molecule has 8 bridgehead atoms. The summed E-state index contributed by atoms with van der Waals surface area (Å²) in [6.45, 7) is 0. The van der Waals surface area contributed by atoms with E-state index in [1.54, 1.807) is 7.11 Å². The third-order valence-corrected chi connectivity index (χ3v) is 5.71. The molecule has 1 aromatic carbocycles. The number of aromatic amines is 4. The van der Waals surface area contributed by atoms with Crippen molar-refractivity contribution in [1.82, 2.24) is 19.9 Å². The highest BCUT2D eigenvalue weighted by Gasteiger charge is 2.11. The minimum absolute atomic E-state index is 0.827. The van der Waals surface area contributed by atoms with Gasteiger partial charge in [0.05, 0.1) is 7.11 Å². The van der Waals surface area contributed by atoms with Crippen LogP contribution in [0.3, 0.4) is 0 Å². The lowest BCUT2D eigenvalue weighted by atomic mass is 10.0. The van der Waals surface area contributed by atoms with Crippen molar-refractivity contribution in [3.05, 3.63) is 123 Å². The van der Waals surface area contributed by atoms with Gasteiger partial charge in [-0.25, -0.2) is 0 Å². The van der Waals surface area contributed by atoms with Crippen molar-refractivity contribution in [2.75, 3.05) is 7.11 Å². The van der Waals surface area contributed by atoms with Crippen LogP contribution in [0, 0.1) is 0 Å². The Bertz CT molecular complexity index is 1670. The zero-order valence-corrected chi connectivity index (χ0v) is 17.6. The van der Waals surface area contributed by atoms with Gasteiger partial charge in [-0.1, -0.05) is 12.1 Å².